The normalized spacial score (nSPS) is 30.2. The molecule has 6 rings (SSSR count). The smallest absolute Gasteiger partial charge is 0.349 e. The quantitative estimate of drug-likeness (QED) is 0.265. The number of likely N-dealkylation sites (N-methyl/N-ethyl adjacent to an activating group) is 1. The van der Waals surface area contributed by atoms with Crippen LogP contribution in [0.3, 0.4) is 0 Å². The molecule has 2 aromatic carbocycles. The predicted octanol–water partition coefficient (Wildman–Crippen LogP) is 3.52. The highest BCUT2D eigenvalue weighted by molar-refractivity contribution is 6.16. The van der Waals surface area contributed by atoms with Gasteiger partial charge in [-0.05, 0) is 57.4 Å². The Kier molecular flexibility index (Phi) is 4.56. The predicted molar refractivity (Wildman–Crippen MR) is 129 cm³/mol. The maximum atomic E-state index is 14.2. The van der Waals surface area contributed by atoms with Crippen LogP contribution < -0.4 is 4.90 Å². The third-order valence-corrected chi connectivity index (χ3v) is 7.97. The number of benzene rings is 2. The third kappa shape index (κ3) is 2.87. The third-order valence-electron chi connectivity index (χ3n) is 7.97. The Labute approximate surface area is 212 Å². The highest BCUT2D eigenvalue weighted by atomic mass is 16.8. The second-order valence-corrected chi connectivity index (χ2v) is 11.2. The molecule has 3 heterocycles. The number of nitro benzene ring substituents is 1. The fourth-order valence-electron chi connectivity index (χ4n) is 6.40. The van der Waals surface area contributed by atoms with Crippen LogP contribution in [0.5, 0.6) is 0 Å². The lowest BCUT2D eigenvalue weighted by atomic mass is 9.65. The number of nitrogens with zero attached hydrogens (tertiary/aromatic N) is 2. The summed E-state index contributed by atoms with van der Waals surface area (Å²) in [5.74, 6) is -4.36. The van der Waals surface area contributed by atoms with Crippen molar-refractivity contribution in [3.63, 3.8) is 0 Å². The lowest BCUT2D eigenvalue weighted by molar-refractivity contribution is -0.384. The van der Waals surface area contributed by atoms with Crippen molar-refractivity contribution in [1.82, 2.24) is 0 Å². The van der Waals surface area contributed by atoms with Crippen LogP contribution in [0.25, 0.3) is 0 Å². The van der Waals surface area contributed by atoms with E-state index < -0.39 is 57.0 Å². The molecule has 2 aromatic rings. The Morgan fingerprint density at radius 1 is 1.11 bits per heavy atom. The van der Waals surface area contributed by atoms with Crippen LogP contribution in [-0.4, -0.2) is 52.7 Å². The van der Waals surface area contributed by atoms with Gasteiger partial charge in [-0.1, -0.05) is 18.2 Å². The van der Waals surface area contributed by atoms with Gasteiger partial charge < -0.3 is 19.1 Å². The molecule has 4 aliphatic rings. The summed E-state index contributed by atoms with van der Waals surface area (Å²) in [7, 11) is 1.79. The lowest BCUT2D eigenvalue weighted by Crippen LogP contribution is -2.64. The summed E-state index contributed by atoms with van der Waals surface area (Å²) in [5.41, 5.74) is -2.50. The first-order valence-electron chi connectivity index (χ1n) is 12.2. The summed E-state index contributed by atoms with van der Waals surface area (Å²) in [6.07, 6.45) is 0.804. The molecule has 0 radical (unpaired) electrons. The molecule has 10 nitrogen and oxygen atoms in total. The number of fused-ring (bicyclic) bond motifs is 8. The molecule has 3 fully saturated rings. The van der Waals surface area contributed by atoms with E-state index in [9.17, 15) is 24.5 Å². The van der Waals surface area contributed by atoms with Crippen molar-refractivity contribution in [2.24, 2.45) is 5.41 Å². The van der Waals surface area contributed by atoms with E-state index in [0.717, 1.165) is 11.3 Å². The zero-order chi connectivity index (χ0) is 26.5. The Balaban J connectivity index is 1.49. The van der Waals surface area contributed by atoms with Gasteiger partial charge in [0, 0.05) is 24.9 Å². The summed E-state index contributed by atoms with van der Waals surface area (Å²) >= 11 is 0. The molecule has 0 N–H and O–H groups in total. The largest absolute Gasteiger partial charge is 0.457 e. The van der Waals surface area contributed by atoms with Crippen molar-refractivity contribution in [1.29, 1.82) is 0 Å². The second kappa shape index (κ2) is 7.16. The van der Waals surface area contributed by atoms with Crippen LogP contribution in [0.2, 0.25) is 0 Å². The molecule has 2 saturated heterocycles. The molecule has 192 valence electrons. The molecular formula is C27H26N2O8. The highest BCUT2D eigenvalue weighted by Crippen LogP contribution is 2.76. The van der Waals surface area contributed by atoms with E-state index in [1.54, 1.807) is 27.8 Å². The van der Waals surface area contributed by atoms with Gasteiger partial charge in [0.1, 0.15) is 5.60 Å². The van der Waals surface area contributed by atoms with Crippen LogP contribution in [0.4, 0.5) is 11.4 Å². The van der Waals surface area contributed by atoms with E-state index >= 15 is 0 Å². The minimum absolute atomic E-state index is 0.0738. The van der Waals surface area contributed by atoms with E-state index in [2.05, 4.69) is 0 Å². The van der Waals surface area contributed by atoms with Gasteiger partial charge >= 0.3 is 11.9 Å². The van der Waals surface area contributed by atoms with Crippen molar-refractivity contribution < 1.29 is 33.5 Å². The van der Waals surface area contributed by atoms with Gasteiger partial charge in [0.2, 0.25) is 11.4 Å². The monoisotopic (exact) mass is 506 g/mol. The van der Waals surface area contributed by atoms with E-state index in [0.29, 0.717) is 12.8 Å². The zero-order valence-electron chi connectivity index (χ0n) is 20.8. The number of non-ortho nitro benzene ring substituents is 1. The van der Waals surface area contributed by atoms with Crippen molar-refractivity contribution >= 4 is 29.1 Å². The first kappa shape index (κ1) is 23.6. The number of rotatable bonds is 4. The molecule has 0 aromatic heterocycles. The van der Waals surface area contributed by atoms with E-state index in [-0.39, 0.29) is 11.3 Å². The highest BCUT2D eigenvalue weighted by Gasteiger charge is 2.92. The van der Waals surface area contributed by atoms with Gasteiger partial charge in [0.15, 0.2) is 5.78 Å². The standard InChI is InChI=1S/C27H26N2O8/c1-24(2,3)36-23(32)26-20-19(17-7-5-6-8-18(17)28(20)4)27(37-26,25(13-14-25)22(26)31)35-21(30)15-9-11-16(12-10-15)29(33)34/h5-12,19-20H,13-14H2,1-4H3/t19-,20+,26+,27-/m0/s1. The summed E-state index contributed by atoms with van der Waals surface area (Å²) in [6, 6.07) is 11.8. The number of ether oxygens (including phenoxy) is 3. The maximum absolute atomic E-state index is 14.2. The van der Waals surface area contributed by atoms with Gasteiger partial charge in [0.25, 0.3) is 5.69 Å². The van der Waals surface area contributed by atoms with Gasteiger partial charge in [-0.25, -0.2) is 9.59 Å². The van der Waals surface area contributed by atoms with Gasteiger partial charge in [-0.15, -0.1) is 0 Å². The molecule has 0 amide bonds. The minimum atomic E-state index is -1.97. The Hall–Kier alpha value is -3.79. The van der Waals surface area contributed by atoms with Crippen molar-refractivity contribution in [2.75, 3.05) is 11.9 Å². The number of nitro groups is 1. The van der Waals surface area contributed by atoms with Crippen LogP contribution in [0.15, 0.2) is 48.5 Å². The first-order valence-corrected chi connectivity index (χ1v) is 12.2. The van der Waals surface area contributed by atoms with Crippen LogP contribution in [-0.2, 0) is 23.8 Å². The Morgan fingerprint density at radius 2 is 1.76 bits per heavy atom. The Morgan fingerprint density at radius 3 is 2.35 bits per heavy atom. The number of anilines is 1. The summed E-state index contributed by atoms with van der Waals surface area (Å²) in [5, 5.41) is 11.0. The molecule has 10 heteroatoms. The average Bonchev–Trinajstić information content (AvgIpc) is 3.47. The van der Waals surface area contributed by atoms with Crippen molar-refractivity contribution in [3.05, 3.63) is 69.8 Å². The summed E-state index contributed by atoms with van der Waals surface area (Å²) in [6.45, 7) is 5.15. The van der Waals surface area contributed by atoms with E-state index in [1.165, 1.54) is 24.3 Å². The van der Waals surface area contributed by atoms with Crippen molar-refractivity contribution in [3.8, 4) is 0 Å². The van der Waals surface area contributed by atoms with Crippen LogP contribution in [0.1, 0.15) is 55.5 Å². The number of ketones is 1. The van der Waals surface area contributed by atoms with Gasteiger partial charge in [-0.2, -0.15) is 0 Å². The summed E-state index contributed by atoms with van der Waals surface area (Å²) in [4.78, 5) is 53.8. The molecule has 4 atom stereocenters. The average molecular weight is 507 g/mol. The zero-order valence-corrected chi connectivity index (χ0v) is 20.8. The number of carbonyl (C=O) groups excluding carboxylic acids is 3. The molecule has 3 aliphatic heterocycles. The van der Waals surface area contributed by atoms with Gasteiger partial charge in [0.05, 0.1) is 27.9 Å². The minimum Gasteiger partial charge on any atom is -0.457 e. The fraction of sp³-hybridized carbons (Fsp3) is 0.444. The van der Waals surface area contributed by atoms with E-state index in [1.807, 2.05) is 29.2 Å². The molecule has 1 aliphatic carbocycles. The number of Topliss-reactive ketones (excluding diaryl/α,β-unsaturated/α-hetero) is 1. The number of para-hydroxylation sites is 1. The Bertz CT molecular complexity index is 1380. The number of esters is 2. The molecular weight excluding hydrogens is 480 g/mol. The van der Waals surface area contributed by atoms with Crippen LogP contribution >= 0.6 is 0 Å². The molecule has 1 spiro atoms. The topological polar surface area (TPSA) is 125 Å². The van der Waals surface area contributed by atoms with Crippen LogP contribution in [0, 0.1) is 15.5 Å². The number of hydrogen-bond donors (Lipinski definition) is 0. The lowest BCUT2D eigenvalue weighted by Gasteiger charge is -2.40. The maximum Gasteiger partial charge on any atom is 0.349 e. The molecule has 2 bridgehead atoms. The second-order valence-electron chi connectivity index (χ2n) is 11.2. The fourth-order valence-corrected chi connectivity index (χ4v) is 6.40. The van der Waals surface area contributed by atoms with Gasteiger partial charge in [-0.3, -0.25) is 14.9 Å². The molecule has 37 heavy (non-hydrogen) atoms. The number of hydrogen-bond acceptors (Lipinski definition) is 9. The number of carbonyl (C=O) groups is 3. The van der Waals surface area contributed by atoms with Crippen molar-refractivity contribution in [2.45, 2.75) is 62.6 Å². The molecule has 0 unspecified atom stereocenters. The summed E-state index contributed by atoms with van der Waals surface area (Å²) < 4.78 is 18.4. The first-order chi connectivity index (χ1) is 17.4. The molecule has 1 saturated carbocycles. The van der Waals surface area contributed by atoms with E-state index in [4.69, 9.17) is 14.2 Å². The SMILES string of the molecule is CN1c2ccccc2[C@H]2[C@@H]1[C@@]1(C(=O)OC(C)(C)C)O[C@]2(OC(=O)c2ccc([N+](=O)[O-])cc2)C2(CC2)C1=O.